The molecule has 3 fully saturated rings. The zero-order valence-electron chi connectivity index (χ0n) is 25.9. The summed E-state index contributed by atoms with van der Waals surface area (Å²) in [5.74, 6) is -3.52. The highest BCUT2D eigenvalue weighted by molar-refractivity contribution is 6.01. The molecule has 0 radical (unpaired) electrons. The van der Waals surface area contributed by atoms with Crippen LogP contribution in [-0.4, -0.2) is 80.6 Å². The van der Waals surface area contributed by atoms with E-state index in [1.807, 2.05) is 0 Å². The highest BCUT2D eigenvalue weighted by Gasteiger charge is 2.76. The lowest BCUT2D eigenvalue weighted by Crippen LogP contribution is -2.69. The largest absolute Gasteiger partial charge is 0.441 e. The quantitative estimate of drug-likeness (QED) is 0.179. The molecule has 8 atom stereocenters. The molecule has 15 heteroatoms. The molecule has 0 saturated heterocycles. The monoisotopic (exact) mass is 659 g/mol. The first-order valence-corrected chi connectivity index (χ1v) is 15.3. The van der Waals surface area contributed by atoms with Crippen LogP contribution >= 0.6 is 0 Å². The van der Waals surface area contributed by atoms with Crippen LogP contribution in [0.15, 0.2) is 48.1 Å². The first-order chi connectivity index (χ1) is 22.1. The molecule has 0 aliphatic heterocycles. The molecular formula is C32H38FN3O11. The Morgan fingerprint density at radius 2 is 1.81 bits per heavy atom. The molecular weight excluding hydrogens is 621 g/mol. The number of ether oxygens (including phenoxy) is 1. The molecule has 0 unspecified atom stereocenters. The van der Waals surface area contributed by atoms with Crippen LogP contribution in [0.25, 0.3) is 0 Å². The average Bonchev–Trinajstić information content (AvgIpc) is 3.23. The number of ketones is 2. The van der Waals surface area contributed by atoms with Gasteiger partial charge in [-0.3, -0.25) is 14.4 Å². The molecule has 3 saturated carbocycles. The van der Waals surface area contributed by atoms with Crippen LogP contribution in [0.4, 0.5) is 9.18 Å². The molecule has 0 heterocycles. The Morgan fingerprint density at radius 3 is 2.51 bits per heavy atom. The van der Waals surface area contributed by atoms with Gasteiger partial charge in [0.25, 0.3) is 5.09 Å². The van der Waals surface area contributed by atoms with Gasteiger partial charge >= 0.3 is 6.09 Å². The number of hydrogen-bond acceptors (Lipinski definition) is 11. The number of halogens is 1. The van der Waals surface area contributed by atoms with Crippen molar-refractivity contribution in [3.8, 4) is 0 Å². The van der Waals surface area contributed by atoms with E-state index < -0.39 is 82.2 Å². The number of benzene rings is 1. The number of alkyl carbamates (subject to hydrolysis) is 1. The van der Waals surface area contributed by atoms with E-state index in [0.29, 0.717) is 23.1 Å². The highest BCUT2D eigenvalue weighted by Crippen LogP contribution is 2.69. The van der Waals surface area contributed by atoms with Crippen molar-refractivity contribution in [2.45, 2.75) is 76.2 Å². The predicted molar refractivity (Wildman–Crippen MR) is 159 cm³/mol. The smallest absolute Gasteiger partial charge is 0.408 e. The van der Waals surface area contributed by atoms with Gasteiger partial charge in [0, 0.05) is 23.3 Å². The predicted octanol–water partition coefficient (Wildman–Crippen LogP) is 1.38. The Balaban J connectivity index is 1.19. The molecule has 14 nitrogen and oxygen atoms in total. The maximum absolute atomic E-state index is 17.2. The summed E-state index contributed by atoms with van der Waals surface area (Å²) in [4.78, 5) is 65.0. The number of carbonyl (C=O) groups excluding carboxylic acids is 4. The SMILES string of the molecule is C[C@]12C=CC(=O)C=C1CC[C@H]1[C@@H]3C[C@@H](O)[C@](O)(C(=O)COC(=O)NCC(=O)NCc4ccccc4CO[N+](=O)[O-])[C@@]3(C)C[C@H](O)[C@@]12F. The average molecular weight is 660 g/mol. The Hall–Kier alpha value is -4.21. The summed E-state index contributed by atoms with van der Waals surface area (Å²) in [6, 6.07) is 6.55. The maximum atomic E-state index is 17.2. The Kier molecular flexibility index (Phi) is 9.03. The van der Waals surface area contributed by atoms with Crippen LogP contribution in [0.3, 0.4) is 0 Å². The van der Waals surface area contributed by atoms with Crippen LogP contribution in [-0.2, 0) is 37.1 Å². The normalized spacial score (nSPS) is 35.4. The van der Waals surface area contributed by atoms with Gasteiger partial charge in [-0.25, -0.2) is 9.18 Å². The van der Waals surface area contributed by atoms with E-state index in [2.05, 4.69) is 15.5 Å². The number of carbonyl (C=O) groups is 4. The second-order valence-electron chi connectivity index (χ2n) is 13.2. The molecule has 0 bridgehead atoms. The van der Waals surface area contributed by atoms with Gasteiger partial charge in [0.05, 0.1) is 12.2 Å². The fourth-order valence-corrected chi connectivity index (χ4v) is 8.42. The van der Waals surface area contributed by atoms with E-state index in [1.165, 1.54) is 25.2 Å². The van der Waals surface area contributed by atoms with Crippen LogP contribution < -0.4 is 10.6 Å². The van der Waals surface area contributed by atoms with Crippen LogP contribution in [0.1, 0.15) is 50.7 Å². The number of rotatable bonds is 10. The van der Waals surface area contributed by atoms with E-state index >= 15 is 4.39 Å². The van der Waals surface area contributed by atoms with Gasteiger partial charge in [-0.05, 0) is 61.8 Å². The summed E-state index contributed by atoms with van der Waals surface area (Å²) in [6.07, 6.45) is -0.206. The van der Waals surface area contributed by atoms with Gasteiger partial charge in [0.2, 0.25) is 11.7 Å². The summed E-state index contributed by atoms with van der Waals surface area (Å²) >= 11 is 0. The zero-order valence-corrected chi connectivity index (χ0v) is 25.9. The van der Waals surface area contributed by atoms with E-state index in [-0.39, 0.29) is 38.2 Å². The minimum absolute atomic E-state index is 0.0197. The summed E-state index contributed by atoms with van der Waals surface area (Å²) in [5, 5.41) is 48.5. The minimum atomic E-state index is -2.47. The van der Waals surface area contributed by atoms with Gasteiger partial charge in [-0.15, -0.1) is 10.1 Å². The second-order valence-corrected chi connectivity index (χ2v) is 13.2. The van der Waals surface area contributed by atoms with Gasteiger partial charge < -0.3 is 35.5 Å². The molecule has 5 rings (SSSR count). The number of alkyl halides is 1. The number of nitrogens with one attached hydrogen (secondary N) is 2. The van der Waals surface area contributed by atoms with Crippen LogP contribution in [0, 0.1) is 32.8 Å². The molecule has 1 aromatic rings. The van der Waals surface area contributed by atoms with Gasteiger partial charge in [-0.1, -0.05) is 42.8 Å². The van der Waals surface area contributed by atoms with Crippen molar-refractivity contribution in [1.82, 2.24) is 10.6 Å². The first-order valence-electron chi connectivity index (χ1n) is 15.3. The number of nitrogens with zero attached hydrogens (tertiary/aromatic N) is 1. The van der Waals surface area contributed by atoms with E-state index in [9.17, 15) is 44.6 Å². The summed E-state index contributed by atoms with van der Waals surface area (Å²) in [5.41, 5.74) is -5.88. The fraction of sp³-hybridized carbons (Fsp3) is 0.562. The van der Waals surface area contributed by atoms with E-state index in [4.69, 9.17) is 4.74 Å². The lowest BCUT2D eigenvalue weighted by molar-refractivity contribution is -0.763. The Bertz CT molecular complexity index is 1550. The molecule has 47 heavy (non-hydrogen) atoms. The third kappa shape index (κ3) is 5.59. The molecule has 4 aliphatic carbocycles. The van der Waals surface area contributed by atoms with E-state index in [1.54, 1.807) is 31.2 Å². The van der Waals surface area contributed by atoms with Crippen molar-refractivity contribution >= 4 is 23.6 Å². The molecule has 0 spiro atoms. The number of aliphatic hydroxyl groups excluding tert-OH is 2. The molecule has 2 amide bonds. The minimum Gasteiger partial charge on any atom is -0.441 e. The topological polar surface area (TPSA) is 215 Å². The highest BCUT2D eigenvalue weighted by atomic mass is 19.1. The molecule has 0 aromatic heterocycles. The second kappa shape index (κ2) is 12.4. The molecule has 4 aliphatic rings. The van der Waals surface area contributed by atoms with Crippen molar-refractivity contribution in [3.63, 3.8) is 0 Å². The zero-order chi connectivity index (χ0) is 34.4. The Labute approximate surface area is 269 Å². The van der Waals surface area contributed by atoms with Gasteiger partial charge in [0.15, 0.2) is 23.7 Å². The van der Waals surface area contributed by atoms with Crippen molar-refractivity contribution < 1.29 is 53.5 Å². The standard InChI is InChI=1S/C32H38FN3O11/c1-29-10-9-21(37)11-20(29)7-8-22-23-12-24(38)32(43,30(23,2)13-25(39)31(22,29)33)26(40)17-46-28(42)35-15-27(41)34-14-18-5-3-4-6-19(18)16-47-36(44)45/h3-6,9-11,22-25,38-39,43H,7-8,12-17H2,1-2H3,(H,34,41)(H,35,42)/t22-,23-,24+,25-,29-,30-,31-,32-/m0/s1. The summed E-state index contributed by atoms with van der Waals surface area (Å²) < 4.78 is 22.2. The van der Waals surface area contributed by atoms with E-state index in [0.717, 1.165) is 0 Å². The lowest BCUT2D eigenvalue weighted by atomic mass is 9.44. The van der Waals surface area contributed by atoms with Crippen molar-refractivity contribution in [2.24, 2.45) is 22.7 Å². The number of aliphatic hydroxyl groups is 3. The lowest BCUT2D eigenvalue weighted by Gasteiger charge is -2.62. The number of hydrogen-bond donors (Lipinski definition) is 5. The molecule has 1 aromatic carbocycles. The van der Waals surface area contributed by atoms with Gasteiger partial charge in [0.1, 0.15) is 13.2 Å². The Morgan fingerprint density at radius 1 is 1.11 bits per heavy atom. The first kappa shape index (κ1) is 34.1. The molecule has 254 valence electrons. The number of Topliss-reactive ketones (excluding diaryl/α,β-unsaturated/α-hetero) is 1. The van der Waals surface area contributed by atoms with Crippen molar-refractivity contribution in [1.29, 1.82) is 0 Å². The van der Waals surface area contributed by atoms with Crippen LogP contribution in [0.2, 0.25) is 0 Å². The molecule has 5 N–H and O–H groups in total. The van der Waals surface area contributed by atoms with Crippen molar-refractivity contribution in [2.75, 3.05) is 13.2 Å². The third-order valence-electron chi connectivity index (χ3n) is 10.9. The number of allylic oxidation sites excluding steroid dienone is 4. The third-order valence-corrected chi connectivity index (χ3v) is 10.9. The van der Waals surface area contributed by atoms with Gasteiger partial charge in [-0.2, -0.15) is 0 Å². The van der Waals surface area contributed by atoms with Crippen LogP contribution in [0.5, 0.6) is 0 Å². The number of amides is 2. The summed E-state index contributed by atoms with van der Waals surface area (Å²) in [6.45, 7) is 1.30. The maximum Gasteiger partial charge on any atom is 0.408 e. The van der Waals surface area contributed by atoms with Crippen molar-refractivity contribution in [3.05, 3.63) is 69.3 Å². The summed E-state index contributed by atoms with van der Waals surface area (Å²) in [7, 11) is 0. The fourth-order valence-electron chi connectivity index (χ4n) is 8.42. The number of fused-ring (bicyclic) bond motifs is 5.